The van der Waals surface area contributed by atoms with E-state index in [9.17, 15) is 18.0 Å². The molecule has 0 saturated carbocycles. The number of halogens is 1. The average molecular weight is 459 g/mol. The van der Waals surface area contributed by atoms with E-state index in [1.54, 1.807) is 48.5 Å². The second kappa shape index (κ2) is 8.64. The maximum Gasteiger partial charge on any atom is 0.339 e. The Morgan fingerprint density at radius 2 is 1.87 bits per heavy atom. The molecule has 0 radical (unpaired) electrons. The van der Waals surface area contributed by atoms with Crippen molar-refractivity contribution in [1.82, 2.24) is 10.3 Å². The molecule has 1 aliphatic heterocycles. The zero-order valence-electron chi connectivity index (χ0n) is 16.4. The number of fused-ring (bicyclic) bond motifs is 1. The van der Waals surface area contributed by atoms with Crippen molar-refractivity contribution in [3.63, 3.8) is 0 Å². The normalized spacial score (nSPS) is 17.4. The Kier molecular flexibility index (Phi) is 5.93. The number of aromatic nitrogens is 1. The van der Waals surface area contributed by atoms with Crippen LogP contribution in [0.5, 0.6) is 0 Å². The molecule has 1 saturated heterocycles. The van der Waals surface area contributed by atoms with Crippen LogP contribution < -0.4 is 5.32 Å². The van der Waals surface area contributed by atoms with E-state index < -0.39 is 34.4 Å². The van der Waals surface area contributed by atoms with E-state index in [1.807, 2.05) is 6.07 Å². The van der Waals surface area contributed by atoms with E-state index in [2.05, 4.69) is 10.3 Å². The summed E-state index contributed by atoms with van der Waals surface area (Å²) >= 11 is 5.96. The van der Waals surface area contributed by atoms with Gasteiger partial charge in [0, 0.05) is 22.0 Å². The fraction of sp³-hybridized carbons (Fsp3) is 0.227. The Balaban J connectivity index is 1.53. The first-order valence-corrected chi connectivity index (χ1v) is 11.8. The van der Waals surface area contributed by atoms with E-state index in [4.69, 9.17) is 16.3 Å². The van der Waals surface area contributed by atoms with Gasteiger partial charge < -0.3 is 10.1 Å². The van der Waals surface area contributed by atoms with Crippen LogP contribution in [-0.2, 0) is 19.4 Å². The summed E-state index contributed by atoms with van der Waals surface area (Å²) in [6.07, 6.45) is 0.363. The van der Waals surface area contributed by atoms with Crippen LogP contribution in [0.4, 0.5) is 0 Å². The van der Waals surface area contributed by atoms with Gasteiger partial charge in [0.2, 0.25) is 0 Å². The van der Waals surface area contributed by atoms with Crippen molar-refractivity contribution in [3.05, 3.63) is 65.2 Å². The highest BCUT2D eigenvalue weighted by atomic mass is 35.5. The molecule has 31 heavy (non-hydrogen) atoms. The van der Waals surface area contributed by atoms with Crippen LogP contribution in [0.1, 0.15) is 16.8 Å². The first-order chi connectivity index (χ1) is 14.8. The summed E-state index contributed by atoms with van der Waals surface area (Å²) in [5.74, 6) is -1.24. The third-order valence-corrected chi connectivity index (χ3v) is 7.03. The molecule has 4 rings (SSSR count). The van der Waals surface area contributed by atoms with E-state index in [0.29, 0.717) is 28.0 Å². The van der Waals surface area contributed by atoms with E-state index >= 15 is 0 Å². The van der Waals surface area contributed by atoms with E-state index in [-0.39, 0.29) is 17.1 Å². The van der Waals surface area contributed by atoms with Crippen LogP contribution in [0.3, 0.4) is 0 Å². The van der Waals surface area contributed by atoms with Crippen molar-refractivity contribution in [2.24, 2.45) is 0 Å². The molecule has 0 spiro atoms. The van der Waals surface area contributed by atoms with Crippen LogP contribution >= 0.6 is 11.6 Å². The number of sulfone groups is 1. The van der Waals surface area contributed by atoms with E-state index in [1.165, 1.54) is 0 Å². The molecule has 1 atom stereocenters. The van der Waals surface area contributed by atoms with Crippen LogP contribution in [0.2, 0.25) is 5.02 Å². The molecule has 1 N–H and O–H groups in total. The summed E-state index contributed by atoms with van der Waals surface area (Å²) in [6.45, 7) is -0.498. The molecule has 0 unspecified atom stereocenters. The van der Waals surface area contributed by atoms with Gasteiger partial charge in [0.1, 0.15) is 0 Å². The standard InChI is InChI=1S/C22H19ClN2O5S/c23-15-7-5-14(6-8-15)20-11-18(17-3-1-2-4-19(17)25-20)22(27)30-12-21(26)24-16-9-10-31(28,29)13-16/h1-8,11,16H,9-10,12-13H2,(H,24,26)/t16-/m0/s1. The van der Waals surface area contributed by atoms with Gasteiger partial charge in [-0.1, -0.05) is 41.9 Å². The number of para-hydroxylation sites is 1. The molecule has 1 aromatic heterocycles. The Bertz CT molecular complexity index is 1260. The Morgan fingerprint density at radius 3 is 2.58 bits per heavy atom. The number of rotatable bonds is 5. The van der Waals surface area contributed by atoms with Crippen LogP contribution in [-0.4, -0.2) is 49.4 Å². The molecule has 0 bridgehead atoms. The third kappa shape index (κ3) is 5.03. The zero-order chi connectivity index (χ0) is 22.0. The first kappa shape index (κ1) is 21.3. The van der Waals surface area contributed by atoms with Crippen LogP contribution in [0.15, 0.2) is 54.6 Å². The molecular formula is C22H19ClN2O5S. The average Bonchev–Trinajstić information content (AvgIpc) is 3.09. The SMILES string of the molecule is O=C(COC(=O)c1cc(-c2ccc(Cl)cc2)nc2ccccc12)N[C@H]1CCS(=O)(=O)C1. The Morgan fingerprint density at radius 1 is 1.13 bits per heavy atom. The minimum Gasteiger partial charge on any atom is -0.452 e. The maximum atomic E-state index is 12.8. The lowest BCUT2D eigenvalue weighted by atomic mass is 10.0. The molecule has 9 heteroatoms. The molecule has 1 aliphatic rings. The fourth-order valence-corrected chi connectivity index (χ4v) is 5.30. The quantitative estimate of drug-likeness (QED) is 0.589. The minimum absolute atomic E-state index is 0.0498. The van der Waals surface area contributed by atoms with Crippen LogP contribution in [0, 0.1) is 0 Å². The maximum absolute atomic E-state index is 12.8. The van der Waals surface area contributed by atoms with Crippen molar-refractivity contribution >= 4 is 44.2 Å². The highest BCUT2D eigenvalue weighted by molar-refractivity contribution is 7.91. The summed E-state index contributed by atoms with van der Waals surface area (Å²) in [4.78, 5) is 29.5. The predicted molar refractivity (Wildman–Crippen MR) is 118 cm³/mol. The van der Waals surface area contributed by atoms with Crippen molar-refractivity contribution in [3.8, 4) is 11.3 Å². The van der Waals surface area contributed by atoms with Crippen LogP contribution in [0.25, 0.3) is 22.2 Å². The van der Waals surface area contributed by atoms with Gasteiger partial charge in [-0.05, 0) is 30.7 Å². The molecule has 7 nitrogen and oxygen atoms in total. The number of carbonyl (C=O) groups is 2. The zero-order valence-corrected chi connectivity index (χ0v) is 17.9. The van der Waals surface area contributed by atoms with Crippen molar-refractivity contribution in [1.29, 1.82) is 0 Å². The number of hydrogen-bond acceptors (Lipinski definition) is 6. The molecular weight excluding hydrogens is 440 g/mol. The second-order valence-electron chi connectivity index (χ2n) is 7.32. The number of nitrogens with one attached hydrogen (secondary N) is 1. The van der Waals surface area contributed by atoms with Gasteiger partial charge in [0.15, 0.2) is 16.4 Å². The largest absolute Gasteiger partial charge is 0.452 e. The van der Waals surface area contributed by atoms with Crippen molar-refractivity contribution < 1.29 is 22.7 Å². The number of nitrogens with zero attached hydrogens (tertiary/aromatic N) is 1. The number of pyridine rings is 1. The van der Waals surface area contributed by atoms with Gasteiger partial charge in [0.25, 0.3) is 5.91 Å². The van der Waals surface area contributed by atoms with E-state index in [0.717, 1.165) is 5.56 Å². The molecule has 3 aromatic rings. The fourth-order valence-electron chi connectivity index (χ4n) is 3.50. The molecule has 1 fully saturated rings. The monoisotopic (exact) mass is 458 g/mol. The molecule has 2 aromatic carbocycles. The number of esters is 1. The summed E-state index contributed by atoms with van der Waals surface area (Å²) in [5, 5.41) is 3.79. The number of benzene rings is 2. The highest BCUT2D eigenvalue weighted by Crippen LogP contribution is 2.26. The molecule has 160 valence electrons. The minimum atomic E-state index is -3.11. The van der Waals surface area contributed by atoms with Gasteiger partial charge >= 0.3 is 5.97 Å². The molecule has 0 aliphatic carbocycles. The molecule has 2 heterocycles. The van der Waals surface area contributed by atoms with Gasteiger partial charge in [-0.3, -0.25) is 4.79 Å². The second-order valence-corrected chi connectivity index (χ2v) is 9.99. The summed E-state index contributed by atoms with van der Waals surface area (Å²) in [7, 11) is -3.11. The first-order valence-electron chi connectivity index (χ1n) is 9.63. The number of ether oxygens (including phenoxy) is 1. The van der Waals surface area contributed by atoms with Gasteiger partial charge in [0.05, 0.1) is 28.3 Å². The number of carbonyl (C=O) groups excluding carboxylic acids is 2. The van der Waals surface area contributed by atoms with Gasteiger partial charge in [-0.2, -0.15) is 0 Å². The highest BCUT2D eigenvalue weighted by Gasteiger charge is 2.29. The lowest BCUT2D eigenvalue weighted by Gasteiger charge is -2.12. The Hall–Kier alpha value is -2.97. The number of amides is 1. The third-order valence-electron chi connectivity index (χ3n) is 5.01. The van der Waals surface area contributed by atoms with Gasteiger partial charge in [-0.15, -0.1) is 0 Å². The van der Waals surface area contributed by atoms with Crippen molar-refractivity contribution in [2.45, 2.75) is 12.5 Å². The van der Waals surface area contributed by atoms with Crippen molar-refractivity contribution in [2.75, 3.05) is 18.1 Å². The summed E-state index contributed by atoms with van der Waals surface area (Å²) < 4.78 is 28.3. The smallest absolute Gasteiger partial charge is 0.339 e. The topological polar surface area (TPSA) is 102 Å². The number of hydrogen-bond donors (Lipinski definition) is 1. The lowest BCUT2D eigenvalue weighted by Crippen LogP contribution is -2.38. The predicted octanol–water partition coefficient (Wildman–Crippen LogP) is 3.02. The molecule has 1 amide bonds. The summed E-state index contributed by atoms with van der Waals surface area (Å²) in [6, 6.07) is 15.4. The van der Waals surface area contributed by atoms with Gasteiger partial charge in [-0.25, -0.2) is 18.2 Å². The Labute approximate surface area is 184 Å². The summed E-state index contributed by atoms with van der Waals surface area (Å²) in [5.41, 5.74) is 2.25. The lowest BCUT2D eigenvalue weighted by molar-refractivity contribution is -0.124.